The summed E-state index contributed by atoms with van der Waals surface area (Å²) < 4.78 is 10.2. The maximum absolute atomic E-state index is 11.6. The van der Waals surface area contributed by atoms with Gasteiger partial charge in [-0.1, -0.05) is 0 Å². The Bertz CT molecular complexity index is 433. The number of aliphatic hydroxyl groups is 1. The van der Waals surface area contributed by atoms with E-state index in [4.69, 9.17) is 14.3 Å². The first-order chi connectivity index (χ1) is 9.74. The van der Waals surface area contributed by atoms with Crippen molar-refractivity contribution in [2.24, 2.45) is 0 Å². The van der Waals surface area contributed by atoms with Crippen molar-refractivity contribution in [1.82, 2.24) is 9.80 Å². The summed E-state index contributed by atoms with van der Waals surface area (Å²) in [4.78, 5) is 16.1. The summed E-state index contributed by atoms with van der Waals surface area (Å²) in [5, 5.41) is 8.99. The molecule has 2 rings (SSSR count). The molecule has 1 fully saturated rings. The van der Waals surface area contributed by atoms with Gasteiger partial charge in [-0.3, -0.25) is 9.80 Å². The molecule has 1 saturated heterocycles. The molecule has 0 amide bonds. The van der Waals surface area contributed by atoms with Crippen molar-refractivity contribution >= 4 is 5.97 Å². The highest BCUT2D eigenvalue weighted by Crippen LogP contribution is 2.15. The number of nitrogens with zero attached hydrogens (tertiary/aromatic N) is 2. The van der Waals surface area contributed by atoms with Gasteiger partial charge in [0.05, 0.1) is 26.5 Å². The highest BCUT2D eigenvalue weighted by atomic mass is 16.5. The Morgan fingerprint density at radius 3 is 2.85 bits per heavy atom. The van der Waals surface area contributed by atoms with Crippen molar-refractivity contribution in [3.63, 3.8) is 0 Å². The number of aliphatic hydroxyl groups excluding tert-OH is 1. The largest absolute Gasteiger partial charge is 0.467 e. The minimum absolute atomic E-state index is 0.199. The van der Waals surface area contributed by atoms with Crippen LogP contribution in [0, 0.1) is 0 Å². The van der Waals surface area contributed by atoms with Gasteiger partial charge in [-0.2, -0.15) is 0 Å². The number of β-amino-alcohol motifs (C(OH)–C–C–N with tert-alkyl or cyclic N) is 1. The first kappa shape index (κ1) is 15.0. The van der Waals surface area contributed by atoms with Gasteiger partial charge in [-0.25, -0.2) is 4.79 Å². The molecule has 6 nitrogen and oxygen atoms in total. The fourth-order valence-corrected chi connectivity index (χ4v) is 2.51. The van der Waals surface area contributed by atoms with Crippen LogP contribution in [0.3, 0.4) is 0 Å². The van der Waals surface area contributed by atoms with E-state index in [1.54, 1.807) is 6.07 Å². The molecule has 1 aromatic rings. The van der Waals surface area contributed by atoms with Crippen LogP contribution in [0.2, 0.25) is 0 Å². The molecule has 0 atom stereocenters. The molecule has 0 aliphatic carbocycles. The topological polar surface area (TPSA) is 66.2 Å². The molecule has 1 aromatic heterocycles. The number of ether oxygens (including phenoxy) is 1. The van der Waals surface area contributed by atoms with Gasteiger partial charge in [-0.15, -0.1) is 0 Å². The van der Waals surface area contributed by atoms with Gasteiger partial charge in [0.1, 0.15) is 11.3 Å². The molecule has 2 heterocycles. The number of carbonyl (C=O) groups is 1. The standard InChI is InChI=1S/C14H22N2O4/c1-19-14(18)12-3-10-20-13(12)11-16-5-2-4-15(6-7-16)8-9-17/h3,10,17H,2,4-9,11H2,1H3. The van der Waals surface area contributed by atoms with Gasteiger partial charge in [0.2, 0.25) is 0 Å². The molecule has 112 valence electrons. The fourth-order valence-electron chi connectivity index (χ4n) is 2.51. The van der Waals surface area contributed by atoms with Crippen LogP contribution >= 0.6 is 0 Å². The van der Waals surface area contributed by atoms with E-state index in [2.05, 4.69) is 9.80 Å². The number of esters is 1. The van der Waals surface area contributed by atoms with E-state index in [9.17, 15) is 4.79 Å². The molecule has 20 heavy (non-hydrogen) atoms. The molecule has 0 radical (unpaired) electrons. The lowest BCUT2D eigenvalue weighted by Gasteiger charge is -2.20. The van der Waals surface area contributed by atoms with Gasteiger partial charge in [0, 0.05) is 19.6 Å². The smallest absolute Gasteiger partial charge is 0.341 e. The number of furan rings is 1. The van der Waals surface area contributed by atoms with E-state index in [0.29, 0.717) is 17.9 Å². The third-order valence-corrected chi connectivity index (χ3v) is 3.62. The van der Waals surface area contributed by atoms with Crippen molar-refractivity contribution in [3.05, 3.63) is 23.7 Å². The lowest BCUT2D eigenvalue weighted by molar-refractivity contribution is 0.0596. The number of rotatable bonds is 5. The lowest BCUT2D eigenvalue weighted by atomic mass is 10.2. The van der Waals surface area contributed by atoms with Gasteiger partial charge < -0.3 is 14.3 Å². The van der Waals surface area contributed by atoms with E-state index >= 15 is 0 Å². The Kier molecular flexibility index (Phi) is 5.58. The molecule has 1 aliphatic rings. The van der Waals surface area contributed by atoms with Crippen LogP contribution in [0.25, 0.3) is 0 Å². The van der Waals surface area contributed by atoms with Crippen LogP contribution < -0.4 is 0 Å². The monoisotopic (exact) mass is 282 g/mol. The number of carbonyl (C=O) groups excluding carboxylic acids is 1. The van der Waals surface area contributed by atoms with Crippen molar-refractivity contribution in [2.75, 3.05) is 46.4 Å². The van der Waals surface area contributed by atoms with Crippen molar-refractivity contribution in [1.29, 1.82) is 0 Å². The van der Waals surface area contributed by atoms with E-state index < -0.39 is 0 Å². The Labute approximate surface area is 118 Å². The van der Waals surface area contributed by atoms with E-state index in [1.807, 2.05) is 0 Å². The first-order valence-corrected chi connectivity index (χ1v) is 6.95. The van der Waals surface area contributed by atoms with Crippen LogP contribution in [0.5, 0.6) is 0 Å². The molecule has 0 unspecified atom stereocenters. The summed E-state index contributed by atoms with van der Waals surface area (Å²) in [6.45, 7) is 5.33. The lowest BCUT2D eigenvalue weighted by Crippen LogP contribution is -2.32. The maximum Gasteiger partial charge on any atom is 0.341 e. The van der Waals surface area contributed by atoms with Crippen LogP contribution in [0.15, 0.2) is 16.7 Å². The Balaban J connectivity index is 1.93. The van der Waals surface area contributed by atoms with E-state index in [-0.39, 0.29) is 12.6 Å². The highest BCUT2D eigenvalue weighted by molar-refractivity contribution is 5.90. The summed E-state index contributed by atoms with van der Waals surface area (Å²) in [5.41, 5.74) is 0.504. The minimum atomic E-state index is -0.356. The van der Waals surface area contributed by atoms with Gasteiger partial charge in [0.15, 0.2) is 0 Å². The van der Waals surface area contributed by atoms with Crippen LogP contribution in [0.4, 0.5) is 0 Å². The summed E-state index contributed by atoms with van der Waals surface area (Å²) in [6.07, 6.45) is 2.58. The molecule has 0 saturated carbocycles. The second-order valence-electron chi connectivity index (χ2n) is 4.94. The fraction of sp³-hybridized carbons (Fsp3) is 0.643. The second kappa shape index (κ2) is 7.42. The Morgan fingerprint density at radius 2 is 2.10 bits per heavy atom. The van der Waals surface area contributed by atoms with Crippen LogP contribution in [-0.2, 0) is 11.3 Å². The number of hydrogen-bond donors (Lipinski definition) is 1. The third-order valence-electron chi connectivity index (χ3n) is 3.62. The zero-order chi connectivity index (χ0) is 14.4. The van der Waals surface area contributed by atoms with E-state index in [1.165, 1.54) is 13.4 Å². The minimum Gasteiger partial charge on any atom is -0.467 e. The van der Waals surface area contributed by atoms with Gasteiger partial charge in [-0.05, 0) is 25.6 Å². The van der Waals surface area contributed by atoms with Gasteiger partial charge in [0.25, 0.3) is 0 Å². The van der Waals surface area contributed by atoms with Crippen LogP contribution in [0.1, 0.15) is 22.5 Å². The summed E-state index contributed by atoms with van der Waals surface area (Å²) in [5.74, 6) is 0.304. The Morgan fingerprint density at radius 1 is 1.35 bits per heavy atom. The molecule has 0 aromatic carbocycles. The molecule has 1 N–H and O–H groups in total. The maximum atomic E-state index is 11.6. The highest BCUT2D eigenvalue weighted by Gasteiger charge is 2.20. The zero-order valence-electron chi connectivity index (χ0n) is 11.9. The third kappa shape index (κ3) is 3.82. The number of methoxy groups -OCH3 is 1. The van der Waals surface area contributed by atoms with Gasteiger partial charge >= 0.3 is 5.97 Å². The average Bonchev–Trinajstić information content (AvgIpc) is 2.80. The second-order valence-corrected chi connectivity index (χ2v) is 4.94. The zero-order valence-corrected chi connectivity index (χ0v) is 11.9. The molecule has 1 aliphatic heterocycles. The summed E-state index contributed by atoms with van der Waals surface area (Å²) in [6, 6.07) is 1.65. The summed E-state index contributed by atoms with van der Waals surface area (Å²) >= 11 is 0. The van der Waals surface area contributed by atoms with Crippen molar-refractivity contribution in [3.8, 4) is 0 Å². The SMILES string of the molecule is COC(=O)c1ccoc1CN1CCCN(CCO)CC1. The molecular formula is C14H22N2O4. The average molecular weight is 282 g/mol. The predicted molar refractivity (Wildman–Crippen MR) is 73.5 cm³/mol. The Hall–Kier alpha value is -1.37. The van der Waals surface area contributed by atoms with E-state index in [0.717, 1.165) is 39.1 Å². The summed E-state index contributed by atoms with van der Waals surface area (Å²) in [7, 11) is 1.37. The van der Waals surface area contributed by atoms with Crippen molar-refractivity contribution < 1.29 is 19.1 Å². The quantitative estimate of drug-likeness (QED) is 0.796. The first-order valence-electron chi connectivity index (χ1n) is 6.95. The molecule has 6 heteroatoms. The predicted octanol–water partition coefficient (Wildman–Crippen LogP) is 0.566. The van der Waals surface area contributed by atoms with Crippen molar-refractivity contribution in [2.45, 2.75) is 13.0 Å². The molecular weight excluding hydrogens is 260 g/mol. The van der Waals surface area contributed by atoms with Crippen LogP contribution in [-0.4, -0.2) is 67.3 Å². The molecule has 0 spiro atoms. The normalized spacial score (nSPS) is 17.9. The molecule has 0 bridgehead atoms. The number of hydrogen-bond acceptors (Lipinski definition) is 6.